The van der Waals surface area contributed by atoms with Crippen LogP contribution in [-0.4, -0.2) is 0 Å². The second-order valence-corrected chi connectivity index (χ2v) is 35.1. The number of fused-ring (bicyclic) bond motifs is 24. The van der Waals surface area contributed by atoms with Crippen molar-refractivity contribution in [2.75, 3.05) is 9.80 Å². The highest BCUT2D eigenvalue weighted by atomic mass is 15.2. The van der Waals surface area contributed by atoms with E-state index in [2.05, 4.69) is 461 Å². The molecule has 0 saturated heterocycles. The minimum atomic E-state index is -0.649. The second kappa shape index (κ2) is 27.0. The molecular formula is C119H86N2. The van der Waals surface area contributed by atoms with Gasteiger partial charge in [-0.2, -0.15) is 0 Å². The van der Waals surface area contributed by atoms with Gasteiger partial charge in [-0.1, -0.05) is 385 Å². The van der Waals surface area contributed by atoms with Gasteiger partial charge >= 0.3 is 0 Å². The van der Waals surface area contributed by atoms with E-state index < -0.39 is 21.7 Å². The van der Waals surface area contributed by atoms with E-state index in [9.17, 15) is 0 Å². The van der Waals surface area contributed by atoms with Gasteiger partial charge in [0.05, 0.1) is 21.9 Å². The molecule has 0 saturated carbocycles. The summed E-state index contributed by atoms with van der Waals surface area (Å²) in [5.41, 5.74) is 43.9. The van der Waals surface area contributed by atoms with E-state index in [4.69, 9.17) is 0 Å². The van der Waals surface area contributed by atoms with Crippen LogP contribution in [0.4, 0.5) is 34.1 Å². The van der Waals surface area contributed by atoms with Crippen molar-refractivity contribution in [1.29, 1.82) is 0 Å². The molecule has 18 aromatic carbocycles. The van der Waals surface area contributed by atoms with E-state index in [1.165, 1.54) is 178 Å². The fraction of sp³-hybridized carbons (Fsp3) is 0.0924. The Balaban J connectivity index is 0.741. The average molecular weight is 1540 g/mol. The SMILES string of the molecule is CC1(C)CC(C)(c2cccc(N(c3ccc(-c4ccccc4Cc4ccccc4)c(Cc4ccccc4)c3)c3ccc4c(c3)C3(c5ccccc5-c5ccccc53)c3ccccc3-4)c2)c2c(N(c3ccc4c(c3)C(c3ccccc3)(c3ccccc3)c3ccccc3-4)c3ccc4c(c3)C3(c5ccccc5-c5ccccc53)c3ccccc3-4)cccc21. The zero-order chi connectivity index (χ0) is 80.3. The van der Waals surface area contributed by atoms with Crippen LogP contribution in [0.25, 0.3) is 66.8 Å². The Labute approximate surface area is 709 Å². The van der Waals surface area contributed by atoms with Crippen LogP contribution in [-0.2, 0) is 39.9 Å². The van der Waals surface area contributed by atoms with Crippen molar-refractivity contribution >= 4 is 34.1 Å². The monoisotopic (exact) mass is 1540 g/mol. The maximum Gasteiger partial charge on any atom is 0.0726 e. The van der Waals surface area contributed by atoms with Gasteiger partial charge in [0.25, 0.3) is 0 Å². The first kappa shape index (κ1) is 70.7. The maximum absolute atomic E-state index is 2.69. The molecule has 0 bridgehead atoms. The van der Waals surface area contributed by atoms with Crippen LogP contribution in [0.1, 0.15) is 133 Å². The Hall–Kier alpha value is -14.4. The molecule has 6 aliphatic carbocycles. The van der Waals surface area contributed by atoms with Crippen molar-refractivity contribution in [3.63, 3.8) is 0 Å². The molecule has 6 aliphatic rings. The first-order valence-corrected chi connectivity index (χ1v) is 43.0. The van der Waals surface area contributed by atoms with Gasteiger partial charge in [0.2, 0.25) is 0 Å². The Morgan fingerprint density at radius 1 is 0.207 bits per heavy atom. The van der Waals surface area contributed by atoms with Crippen LogP contribution in [0.5, 0.6) is 0 Å². The molecular weight excluding hydrogens is 1460 g/mol. The molecule has 121 heavy (non-hydrogen) atoms. The quantitative estimate of drug-likeness (QED) is 0.107. The lowest BCUT2D eigenvalue weighted by atomic mass is 9.67. The van der Waals surface area contributed by atoms with Crippen LogP contribution in [0.3, 0.4) is 0 Å². The fourth-order valence-corrected chi connectivity index (χ4v) is 23.8. The van der Waals surface area contributed by atoms with E-state index in [1.807, 2.05) is 0 Å². The third-order valence-corrected chi connectivity index (χ3v) is 28.4. The largest absolute Gasteiger partial charge is 0.310 e. The summed E-state index contributed by atoms with van der Waals surface area (Å²) in [7, 11) is 0. The summed E-state index contributed by atoms with van der Waals surface area (Å²) in [4.78, 5) is 5.30. The number of rotatable bonds is 14. The third-order valence-electron chi connectivity index (χ3n) is 28.4. The molecule has 0 radical (unpaired) electrons. The van der Waals surface area contributed by atoms with Gasteiger partial charge in [0, 0.05) is 33.9 Å². The van der Waals surface area contributed by atoms with E-state index in [1.54, 1.807) is 0 Å². The van der Waals surface area contributed by atoms with Crippen LogP contribution < -0.4 is 9.80 Å². The second-order valence-electron chi connectivity index (χ2n) is 35.1. The van der Waals surface area contributed by atoms with Gasteiger partial charge in [-0.3, -0.25) is 0 Å². The summed E-state index contributed by atoms with van der Waals surface area (Å²) in [5, 5.41) is 0. The molecule has 0 aromatic heterocycles. The summed E-state index contributed by atoms with van der Waals surface area (Å²) >= 11 is 0. The van der Waals surface area contributed by atoms with Gasteiger partial charge in [-0.15, -0.1) is 0 Å². The molecule has 0 N–H and O–H groups in total. The fourth-order valence-electron chi connectivity index (χ4n) is 23.8. The Morgan fingerprint density at radius 3 is 0.942 bits per heavy atom. The zero-order valence-electron chi connectivity index (χ0n) is 68.0. The van der Waals surface area contributed by atoms with Crippen molar-refractivity contribution in [1.82, 2.24) is 0 Å². The van der Waals surface area contributed by atoms with Crippen LogP contribution in [0, 0.1) is 0 Å². The smallest absolute Gasteiger partial charge is 0.0726 e. The molecule has 0 heterocycles. The summed E-state index contributed by atoms with van der Waals surface area (Å²) in [5.74, 6) is 0. The predicted octanol–water partition coefficient (Wildman–Crippen LogP) is 29.5. The highest BCUT2D eigenvalue weighted by Gasteiger charge is 2.55. The normalized spacial score (nSPS) is 15.7. The highest BCUT2D eigenvalue weighted by Crippen LogP contribution is 2.68. The van der Waals surface area contributed by atoms with E-state index in [0.717, 1.165) is 47.7 Å². The van der Waals surface area contributed by atoms with Crippen LogP contribution in [0.2, 0.25) is 0 Å². The summed E-state index contributed by atoms with van der Waals surface area (Å²) in [6.45, 7) is 7.57. The Morgan fingerprint density at radius 2 is 0.504 bits per heavy atom. The number of benzene rings is 18. The van der Waals surface area contributed by atoms with E-state index in [-0.39, 0.29) is 5.41 Å². The van der Waals surface area contributed by atoms with Crippen molar-refractivity contribution in [3.05, 3.63) is 536 Å². The third kappa shape index (κ3) is 10.2. The maximum atomic E-state index is 2.69. The first-order valence-electron chi connectivity index (χ1n) is 43.0. The number of hydrogen-bond acceptors (Lipinski definition) is 2. The van der Waals surface area contributed by atoms with Crippen LogP contribution >= 0.6 is 0 Å². The van der Waals surface area contributed by atoms with Crippen molar-refractivity contribution < 1.29 is 0 Å². The van der Waals surface area contributed by atoms with Crippen molar-refractivity contribution in [2.24, 2.45) is 0 Å². The summed E-state index contributed by atoms with van der Waals surface area (Å²) in [6.07, 6.45) is 2.43. The molecule has 24 rings (SSSR count). The molecule has 2 heteroatoms. The average Bonchev–Trinajstić information content (AvgIpc) is 1.51. The highest BCUT2D eigenvalue weighted by molar-refractivity contribution is 6.00. The summed E-state index contributed by atoms with van der Waals surface area (Å²) < 4.78 is 0. The van der Waals surface area contributed by atoms with Gasteiger partial charge < -0.3 is 9.80 Å². The standard InChI is InChI=1S/C119H86N2/c1-115(2)77-116(3,84-43-32-44-85(73-84)120(86-62-66-91(81(72-86)71-79-36-10-5-11-37-79)90-45-17-16-38-80(90)70-78-34-8-4-9-35-78)87-63-67-100-97-51-23-30-58-107(97)118(111(100)74-87)103-54-26-19-46-92(103)93-47-20-27-55-104(93)118)114-109(115)60-33-61-113(114)121(88-64-68-99-96-50-18-25-53-102(96)117(110(99)75-88,82-39-12-6-13-40-82)83-41-14-7-15-42-83)89-65-69-101-98-52-24-31-59-108(98)119(112(101)76-89)105-56-28-21-48-94(105)95-49-22-29-57-106(95)119/h4-69,72-76H,70-71,77H2,1-3H3. The topological polar surface area (TPSA) is 6.48 Å². The Kier molecular flexibility index (Phi) is 15.8. The molecule has 0 fully saturated rings. The van der Waals surface area contributed by atoms with Crippen molar-refractivity contribution in [3.8, 4) is 66.8 Å². The molecule has 572 valence electrons. The lowest BCUT2D eigenvalue weighted by molar-refractivity contribution is 0.425. The minimum absolute atomic E-state index is 0.270. The van der Waals surface area contributed by atoms with E-state index >= 15 is 0 Å². The molecule has 1 atom stereocenters. The summed E-state index contributed by atoms with van der Waals surface area (Å²) in [6, 6.07) is 165. The number of nitrogens with zero attached hydrogens (tertiary/aromatic N) is 2. The van der Waals surface area contributed by atoms with Gasteiger partial charge in [0.15, 0.2) is 0 Å². The minimum Gasteiger partial charge on any atom is -0.310 e. The first-order chi connectivity index (χ1) is 59.6. The lowest BCUT2D eigenvalue weighted by Crippen LogP contribution is -2.29. The predicted molar refractivity (Wildman–Crippen MR) is 500 cm³/mol. The number of anilines is 6. The molecule has 0 aliphatic heterocycles. The molecule has 2 nitrogen and oxygen atoms in total. The van der Waals surface area contributed by atoms with Gasteiger partial charge in [0.1, 0.15) is 0 Å². The lowest BCUT2D eigenvalue weighted by Gasteiger charge is -2.37. The Bertz CT molecular complexity index is 6980. The molecule has 2 spiro atoms. The van der Waals surface area contributed by atoms with Crippen molar-refractivity contribution in [2.45, 2.75) is 67.1 Å². The molecule has 18 aromatic rings. The van der Waals surface area contributed by atoms with Gasteiger partial charge in [-0.25, -0.2) is 0 Å². The zero-order valence-corrected chi connectivity index (χ0v) is 68.0. The molecule has 0 amide bonds. The van der Waals surface area contributed by atoms with Gasteiger partial charge in [-0.05, 0) is 264 Å². The van der Waals surface area contributed by atoms with E-state index in [0.29, 0.717) is 0 Å². The number of hydrogen-bond donors (Lipinski definition) is 0. The molecule has 1 unspecified atom stereocenters. The van der Waals surface area contributed by atoms with Crippen LogP contribution in [0.15, 0.2) is 431 Å².